The van der Waals surface area contributed by atoms with Gasteiger partial charge < -0.3 is 0 Å². The van der Waals surface area contributed by atoms with Gasteiger partial charge in [0, 0.05) is 25.0 Å². The smallest absolute Gasteiger partial charge is 0.228 e. The van der Waals surface area contributed by atoms with Gasteiger partial charge in [0.1, 0.15) is 0 Å². The van der Waals surface area contributed by atoms with Gasteiger partial charge >= 0.3 is 0 Å². The van der Waals surface area contributed by atoms with E-state index in [-0.39, 0.29) is 5.91 Å². The summed E-state index contributed by atoms with van der Waals surface area (Å²) in [6.45, 7) is 4.24. The molecule has 14 heavy (non-hydrogen) atoms. The SMILES string of the molecule is CC(C)CCC(=O)N(C)c1nccs1. The van der Waals surface area contributed by atoms with Crippen molar-refractivity contribution in [1.82, 2.24) is 4.98 Å². The van der Waals surface area contributed by atoms with Crippen molar-refractivity contribution in [3.63, 3.8) is 0 Å². The Balaban J connectivity index is 2.45. The van der Waals surface area contributed by atoms with E-state index in [0.29, 0.717) is 12.3 Å². The number of hydrogen-bond donors (Lipinski definition) is 0. The largest absolute Gasteiger partial charge is 0.291 e. The molecular formula is C10H16N2OS. The van der Waals surface area contributed by atoms with Gasteiger partial charge in [-0.25, -0.2) is 4.98 Å². The number of carbonyl (C=O) groups is 1. The van der Waals surface area contributed by atoms with E-state index < -0.39 is 0 Å². The Morgan fingerprint density at radius 2 is 2.36 bits per heavy atom. The lowest BCUT2D eigenvalue weighted by Crippen LogP contribution is -2.25. The molecule has 1 rings (SSSR count). The van der Waals surface area contributed by atoms with Crippen LogP contribution in [0.2, 0.25) is 0 Å². The number of rotatable bonds is 4. The van der Waals surface area contributed by atoms with Crippen LogP contribution in [0, 0.1) is 5.92 Å². The molecule has 3 nitrogen and oxygen atoms in total. The van der Waals surface area contributed by atoms with Crippen LogP contribution < -0.4 is 4.90 Å². The standard InChI is InChI=1S/C10H16N2OS/c1-8(2)4-5-9(13)12(3)10-11-6-7-14-10/h6-8H,4-5H2,1-3H3. The molecule has 1 aromatic rings. The lowest BCUT2D eigenvalue weighted by molar-refractivity contribution is -0.118. The summed E-state index contributed by atoms with van der Waals surface area (Å²) in [4.78, 5) is 17.4. The van der Waals surface area contributed by atoms with Crippen LogP contribution in [0.1, 0.15) is 26.7 Å². The molecule has 0 saturated carbocycles. The molecule has 0 aliphatic rings. The average molecular weight is 212 g/mol. The topological polar surface area (TPSA) is 33.2 Å². The summed E-state index contributed by atoms with van der Waals surface area (Å²) < 4.78 is 0. The molecule has 0 aromatic carbocycles. The zero-order valence-corrected chi connectivity index (χ0v) is 9.67. The van der Waals surface area contributed by atoms with Gasteiger partial charge in [-0.1, -0.05) is 13.8 Å². The number of nitrogens with zero attached hydrogens (tertiary/aromatic N) is 2. The summed E-state index contributed by atoms with van der Waals surface area (Å²) >= 11 is 1.49. The monoisotopic (exact) mass is 212 g/mol. The van der Waals surface area contributed by atoms with Gasteiger partial charge in [0.15, 0.2) is 5.13 Å². The Morgan fingerprint density at radius 1 is 1.64 bits per heavy atom. The molecule has 0 N–H and O–H groups in total. The van der Waals surface area contributed by atoms with E-state index in [1.807, 2.05) is 5.38 Å². The summed E-state index contributed by atoms with van der Waals surface area (Å²) in [6, 6.07) is 0. The number of carbonyl (C=O) groups excluding carboxylic acids is 1. The Bertz CT molecular complexity index is 282. The molecule has 0 aliphatic heterocycles. The summed E-state index contributed by atoms with van der Waals surface area (Å²) in [5.41, 5.74) is 0. The first-order chi connectivity index (χ1) is 6.61. The summed E-state index contributed by atoms with van der Waals surface area (Å²) in [7, 11) is 1.78. The molecule has 78 valence electrons. The predicted molar refractivity (Wildman–Crippen MR) is 59.6 cm³/mol. The van der Waals surface area contributed by atoms with Gasteiger partial charge in [0.25, 0.3) is 0 Å². The fourth-order valence-electron chi connectivity index (χ4n) is 1.07. The Labute approximate surface area is 88.8 Å². The third kappa shape index (κ3) is 3.10. The van der Waals surface area contributed by atoms with Crippen LogP contribution in [-0.4, -0.2) is 17.9 Å². The number of thiazole rings is 1. The van der Waals surface area contributed by atoms with Crippen molar-refractivity contribution in [3.8, 4) is 0 Å². The number of hydrogen-bond acceptors (Lipinski definition) is 3. The summed E-state index contributed by atoms with van der Waals surface area (Å²) in [5, 5.41) is 2.65. The molecule has 1 aromatic heterocycles. The molecule has 0 unspecified atom stereocenters. The zero-order chi connectivity index (χ0) is 10.6. The number of aromatic nitrogens is 1. The van der Waals surface area contributed by atoms with Gasteiger partial charge in [0.2, 0.25) is 5.91 Å². The maximum Gasteiger partial charge on any atom is 0.228 e. The normalized spacial score (nSPS) is 10.6. The van der Waals surface area contributed by atoms with Crippen LogP contribution in [0.4, 0.5) is 5.13 Å². The summed E-state index contributed by atoms with van der Waals surface area (Å²) in [6.07, 6.45) is 3.26. The molecule has 0 bridgehead atoms. The van der Waals surface area contributed by atoms with Crippen molar-refractivity contribution in [3.05, 3.63) is 11.6 Å². The Morgan fingerprint density at radius 3 is 2.86 bits per heavy atom. The molecular weight excluding hydrogens is 196 g/mol. The van der Waals surface area contributed by atoms with Crippen LogP contribution in [0.5, 0.6) is 0 Å². The van der Waals surface area contributed by atoms with Crippen molar-refractivity contribution in [1.29, 1.82) is 0 Å². The lowest BCUT2D eigenvalue weighted by atomic mass is 10.1. The van der Waals surface area contributed by atoms with Crippen molar-refractivity contribution in [2.75, 3.05) is 11.9 Å². The van der Waals surface area contributed by atoms with Crippen LogP contribution in [0.15, 0.2) is 11.6 Å². The molecule has 0 radical (unpaired) electrons. The second-order valence-electron chi connectivity index (χ2n) is 3.70. The minimum absolute atomic E-state index is 0.147. The molecule has 0 saturated heterocycles. The van der Waals surface area contributed by atoms with Crippen molar-refractivity contribution < 1.29 is 4.79 Å². The molecule has 1 heterocycles. The molecule has 0 aliphatic carbocycles. The lowest BCUT2D eigenvalue weighted by Gasteiger charge is -2.14. The highest BCUT2D eigenvalue weighted by atomic mass is 32.1. The fraction of sp³-hybridized carbons (Fsp3) is 0.600. The van der Waals surface area contributed by atoms with Gasteiger partial charge in [-0.05, 0) is 12.3 Å². The van der Waals surface area contributed by atoms with E-state index in [2.05, 4.69) is 18.8 Å². The number of anilines is 1. The average Bonchev–Trinajstić information content (AvgIpc) is 2.65. The first kappa shape index (κ1) is 11.2. The minimum Gasteiger partial charge on any atom is -0.291 e. The van der Waals surface area contributed by atoms with Gasteiger partial charge in [-0.3, -0.25) is 9.69 Å². The maximum absolute atomic E-state index is 11.6. The van der Waals surface area contributed by atoms with Crippen molar-refractivity contribution in [2.24, 2.45) is 5.92 Å². The van der Waals surface area contributed by atoms with Crippen molar-refractivity contribution in [2.45, 2.75) is 26.7 Å². The van der Waals surface area contributed by atoms with Gasteiger partial charge in [-0.15, -0.1) is 11.3 Å². The van der Waals surface area contributed by atoms with E-state index >= 15 is 0 Å². The summed E-state index contributed by atoms with van der Waals surface area (Å²) in [5.74, 6) is 0.720. The molecule has 0 spiro atoms. The quantitative estimate of drug-likeness (QED) is 0.768. The third-order valence-electron chi connectivity index (χ3n) is 2.02. The Kier molecular flexibility index (Phi) is 4.07. The van der Waals surface area contributed by atoms with Crippen LogP contribution in [-0.2, 0) is 4.79 Å². The predicted octanol–water partition coefficient (Wildman–Crippen LogP) is 2.54. The van der Waals surface area contributed by atoms with Crippen LogP contribution >= 0.6 is 11.3 Å². The molecule has 0 fully saturated rings. The zero-order valence-electron chi connectivity index (χ0n) is 8.86. The highest BCUT2D eigenvalue weighted by Gasteiger charge is 2.12. The van der Waals surface area contributed by atoms with Gasteiger partial charge in [0.05, 0.1) is 0 Å². The molecule has 4 heteroatoms. The van der Waals surface area contributed by atoms with E-state index in [1.54, 1.807) is 18.1 Å². The second kappa shape index (κ2) is 5.10. The first-order valence-electron chi connectivity index (χ1n) is 4.77. The second-order valence-corrected chi connectivity index (χ2v) is 4.57. The highest BCUT2D eigenvalue weighted by Crippen LogP contribution is 2.17. The maximum atomic E-state index is 11.6. The number of amides is 1. The van der Waals surface area contributed by atoms with E-state index in [1.165, 1.54) is 11.3 Å². The first-order valence-corrected chi connectivity index (χ1v) is 5.65. The molecule has 1 amide bonds. The van der Waals surface area contributed by atoms with E-state index in [9.17, 15) is 4.79 Å². The van der Waals surface area contributed by atoms with E-state index in [4.69, 9.17) is 0 Å². The molecule has 0 atom stereocenters. The van der Waals surface area contributed by atoms with Crippen LogP contribution in [0.25, 0.3) is 0 Å². The minimum atomic E-state index is 0.147. The van der Waals surface area contributed by atoms with Crippen molar-refractivity contribution >= 4 is 22.4 Å². The van der Waals surface area contributed by atoms with Gasteiger partial charge in [-0.2, -0.15) is 0 Å². The third-order valence-corrected chi connectivity index (χ3v) is 2.86. The van der Waals surface area contributed by atoms with Crippen LogP contribution in [0.3, 0.4) is 0 Å². The highest BCUT2D eigenvalue weighted by molar-refractivity contribution is 7.13. The fourth-order valence-corrected chi connectivity index (χ4v) is 1.69. The van der Waals surface area contributed by atoms with E-state index in [0.717, 1.165) is 11.6 Å². The Hall–Kier alpha value is -0.900.